The zero-order valence-electron chi connectivity index (χ0n) is 18.5. The van der Waals surface area contributed by atoms with Gasteiger partial charge in [0.25, 0.3) is 15.9 Å². The number of anilines is 2. The van der Waals surface area contributed by atoms with Crippen LogP contribution in [-0.4, -0.2) is 26.0 Å². The van der Waals surface area contributed by atoms with E-state index < -0.39 is 15.9 Å². The van der Waals surface area contributed by atoms with Gasteiger partial charge in [0.2, 0.25) is 0 Å². The minimum absolute atomic E-state index is 0.0801. The number of ether oxygens (including phenoxy) is 1. The highest BCUT2D eigenvalue weighted by atomic mass is 32.2. The van der Waals surface area contributed by atoms with Gasteiger partial charge < -0.3 is 10.1 Å². The van der Waals surface area contributed by atoms with Crippen LogP contribution in [0.25, 0.3) is 0 Å². The molecule has 3 aromatic rings. The van der Waals surface area contributed by atoms with Crippen molar-refractivity contribution in [3.63, 3.8) is 0 Å². The van der Waals surface area contributed by atoms with E-state index >= 15 is 0 Å². The Morgan fingerprint density at radius 2 is 1.45 bits per heavy atom. The molecule has 0 atom stereocenters. The highest BCUT2D eigenvalue weighted by Gasteiger charge is 2.15. The number of nitrogens with one attached hydrogen (secondary N) is 3. The van der Waals surface area contributed by atoms with Gasteiger partial charge in [-0.05, 0) is 92.6 Å². The number of carbonyl (C=O) groups is 1. The predicted octanol–water partition coefficient (Wildman–Crippen LogP) is 4.30. The highest BCUT2D eigenvalue weighted by molar-refractivity contribution is 7.92. The average Bonchev–Trinajstić information content (AvgIpc) is 2.72. The van der Waals surface area contributed by atoms with Crippen LogP contribution >= 0.6 is 12.2 Å². The van der Waals surface area contributed by atoms with Crippen LogP contribution < -0.4 is 20.1 Å². The Kier molecular flexibility index (Phi) is 7.67. The molecule has 0 heterocycles. The lowest BCUT2D eigenvalue weighted by atomic mass is 10.1. The molecule has 3 N–H and O–H groups in total. The first kappa shape index (κ1) is 24.2. The Morgan fingerprint density at radius 3 is 2.06 bits per heavy atom. The summed E-state index contributed by atoms with van der Waals surface area (Å²) in [7, 11) is -3.74. The number of amides is 1. The van der Waals surface area contributed by atoms with Crippen LogP contribution in [0.15, 0.2) is 71.6 Å². The van der Waals surface area contributed by atoms with E-state index in [1.807, 2.05) is 39.0 Å². The Hall–Kier alpha value is -3.43. The van der Waals surface area contributed by atoms with Gasteiger partial charge in [-0.2, -0.15) is 0 Å². The first-order valence-electron chi connectivity index (χ1n) is 10.1. The molecule has 0 saturated heterocycles. The molecule has 33 heavy (non-hydrogen) atoms. The fourth-order valence-corrected chi connectivity index (χ4v) is 4.35. The standard InChI is InChI=1S/C24H25N3O4S2/c1-16-4-8-21(9-5-16)31-15-23(28)26-24(32)25-19-6-10-22(11-7-19)33(29,30)27-20-13-17(2)12-18(3)14-20/h4-14,27H,15H2,1-3H3,(H2,25,26,28,32). The minimum Gasteiger partial charge on any atom is -0.484 e. The van der Waals surface area contributed by atoms with Crippen LogP contribution in [0.5, 0.6) is 5.75 Å². The van der Waals surface area contributed by atoms with Crippen LogP contribution in [0.3, 0.4) is 0 Å². The SMILES string of the molecule is Cc1ccc(OCC(=O)NC(=S)Nc2ccc(S(=O)(=O)Nc3cc(C)cc(C)c3)cc2)cc1. The van der Waals surface area contributed by atoms with Crippen LogP contribution in [0.1, 0.15) is 16.7 Å². The number of rotatable bonds is 7. The third-order valence-corrected chi connectivity index (χ3v) is 6.14. The Bertz CT molecular complexity index is 1240. The fourth-order valence-electron chi connectivity index (χ4n) is 3.07. The smallest absolute Gasteiger partial charge is 0.264 e. The van der Waals surface area contributed by atoms with E-state index in [1.54, 1.807) is 36.4 Å². The molecule has 172 valence electrons. The Balaban J connectivity index is 1.54. The average molecular weight is 484 g/mol. The highest BCUT2D eigenvalue weighted by Crippen LogP contribution is 2.20. The zero-order chi connectivity index (χ0) is 24.0. The summed E-state index contributed by atoms with van der Waals surface area (Å²) < 4.78 is 33.4. The van der Waals surface area contributed by atoms with Crippen LogP contribution in [0.2, 0.25) is 0 Å². The van der Waals surface area contributed by atoms with Gasteiger partial charge >= 0.3 is 0 Å². The summed E-state index contributed by atoms with van der Waals surface area (Å²) in [5, 5.41) is 5.45. The molecule has 3 rings (SSSR count). The van der Waals surface area contributed by atoms with Gasteiger partial charge in [0.1, 0.15) is 5.75 Å². The number of carbonyl (C=O) groups excluding carboxylic acids is 1. The molecule has 9 heteroatoms. The van der Waals surface area contributed by atoms with Gasteiger partial charge in [-0.15, -0.1) is 0 Å². The van der Waals surface area contributed by atoms with Gasteiger partial charge in [-0.1, -0.05) is 23.8 Å². The van der Waals surface area contributed by atoms with E-state index in [9.17, 15) is 13.2 Å². The summed E-state index contributed by atoms with van der Waals surface area (Å²) in [6.45, 7) is 5.58. The summed E-state index contributed by atoms with van der Waals surface area (Å²) in [6, 6.07) is 18.9. The number of aryl methyl sites for hydroxylation is 3. The molecular weight excluding hydrogens is 458 g/mol. The summed E-state index contributed by atoms with van der Waals surface area (Å²) in [5.41, 5.74) is 4.06. The molecule has 0 aromatic heterocycles. The maximum atomic E-state index is 12.7. The lowest BCUT2D eigenvalue weighted by Gasteiger charge is -2.12. The van der Waals surface area contributed by atoms with Gasteiger partial charge in [0, 0.05) is 11.4 Å². The Labute approximate surface area is 199 Å². The molecule has 0 aliphatic rings. The maximum Gasteiger partial charge on any atom is 0.264 e. The fraction of sp³-hybridized carbons (Fsp3) is 0.167. The second-order valence-corrected chi connectivity index (χ2v) is 9.70. The van der Waals surface area contributed by atoms with Gasteiger partial charge in [0.05, 0.1) is 4.90 Å². The molecule has 0 bridgehead atoms. The second kappa shape index (κ2) is 10.5. The largest absolute Gasteiger partial charge is 0.484 e. The van der Waals surface area contributed by atoms with Crippen molar-refractivity contribution in [2.24, 2.45) is 0 Å². The van der Waals surface area contributed by atoms with E-state index in [-0.39, 0.29) is 16.6 Å². The van der Waals surface area contributed by atoms with Crippen LogP contribution in [0.4, 0.5) is 11.4 Å². The molecule has 0 aliphatic carbocycles. The van der Waals surface area contributed by atoms with Crippen molar-refractivity contribution in [2.45, 2.75) is 25.7 Å². The summed E-state index contributed by atoms with van der Waals surface area (Å²) in [5.74, 6) is 0.172. The van der Waals surface area contributed by atoms with Crippen molar-refractivity contribution in [3.8, 4) is 5.75 Å². The first-order chi connectivity index (χ1) is 15.6. The van der Waals surface area contributed by atoms with Crippen LogP contribution in [0, 0.1) is 20.8 Å². The minimum atomic E-state index is -3.74. The third-order valence-electron chi connectivity index (χ3n) is 4.54. The second-order valence-electron chi connectivity index (χ2n) is 7.61. The van der Waals surface area contributed by atoms with E-state index in [4.69, 9.17) is 17.0 Å². The van der Waals surface area contributed by atoms with Crippen molar-refractivity contribution in [1.29, 1.82) is 0 Å². The van der Waals surface area contributed by atoms with Gasteiger partial charge in [0.15, 0.2) is 11.7 Å². The van der Waals surface area contributed by atoms with Crippen molar-refractivity contribution in [1.82, 2.24) is 5.32 Å². The summed E-state index contributed by atoms with van der Waals surface area (Å²) >= 11 is 5.15. The lowest BCUT2D eigenvalue weighted by Crippen LogP contribution is -2.37. The number of thiocarbonyl (C=S) groups is 1. The lowest BCUT2D eigenvalue weighted by molar-refractivity contribution is -0.121. The van der Waals surface area contributed by atoms with E-state index in [0.29, 0.717) is 17.1 Å². The summed E-state index contributed by atoms with van der Waals surface area (Å²) in [6.07, 6.45) is 0. The molecule has 0 aliphatic heterocycles. The molecule has 0 unspecified atom stereocenters. The van der Waals surface area contributed by atoms with E-state index in [2.05, 4.69) is 15.4 Å². The zero-order valence-corrected chi connectivity index (χ0v) is 20.1. The molecule has 0 spiro atoms. The monoisotopic (exact) mass is 483 g/mol. The molecule has 7 nitrogen and oxygen atoms in total. The van der Waals surface area contributed by atoms with Crippen molar-refractivity contribution >= 4 is 44.6 Å². The number of hydrogen-bond donors (Lipinski definition) is 3. The number of benzene rings is 3. The molecule has 0 saturated carbocycles. The first-order valence-corrected chi connectivity index (χ1v) is 12.0. The maximum absolute atomic E-state index is 12.7. The number of hydrogen-bond acceptors (Lipinski definition) is 5. The van der Waals surface area contributed by atoms with Crippen molar-refractivity contribution in [2.75, 3.05) is 16.6 Å². The Morgan fingerprint density at radius 1 is 0.848 bits per heavy atom. The molecule has 0 fully saturated rings. The molecule has 3 aromatic carbocycles. The number of sulfonamides is 1. The quantitative estimate of drug-likeness (QED) is 0.434. The van der Waals surface area contributed by atoms with E-state index in [1.165, 1.54) is 12.1 Å². The van der Waals surface area contributed by atoms with Gasteiger partial charge in [-0.25, -0.2) is 8.42 Å². The van der Waals surface area contributed by atoms with Crippen LogP contribution in [-0.2, 0) is 14.8 Å². The van der Waals surface area contributed by atoms with Gasteiger partial charge in [-0.3, -0.25) is 14.8 Å². The topological polar surface area (TPSA) is 96.5 Å². The normalized spacial score (nSPS) is 10.9. The molecule has 1 amide bonds. The van der Waals surface area contributed by atoms with E-state index in [0.717, 1.165) is 16.7 Å². The third kappa shape index (κ3) is 7.30. The van der Waals surface area contributed by atoms with Crippen molar-refractivity contribution < 1.29 is 17.9 Å². The van der Waals surface area contributed by atoms with Crippen molar-refractivity contribution in [3.05, 3.63) is 83.4 Å². The molecule has 0 radical (unpaired) electrons. The predicted molar refractivity (Wildman–Crippen MR) is 134 cm³/mol. The molecular formula is C24H25N3O4S2. The summed E-state index contributed by atoms with van der Waals surface area (Å²) in [4.78, 5) is 12.1.